The fourth-order valence-electron chi connectivity index (χ4n) is 5.37. The van der Waals surface area contributed by atoms with E-state index in [1.807, 2.05) is 60.7 Å². The number of rotatable bonds is 5. The summed E-state index contributed by atoms with van der Waals surface area (Å²) in [6.07, 6.45) is 1.80. The Hall–Kier alpha value is -4.37. The van der Waals surface area contributed by atoms with Crippen molar-refractivity contribution in [1.82, 2.24) is 14.9 Å². The largest absolute Gasteiger partial charge is 0.454 e. The molecule has 2 atom stereocenters. The number of fused-ring (bicyclic) bond motifs is 1. The first kappa shape index (κ1) is 24.0. The predicted molar refractivity (Wildman–Crippen MR) is 150 cm³/mol. The lowest BCUT2D eigenvalue weighted by molar-refractivity contribution is -0.114. The third-order valence-electron chi connectivity index (χ3n) is 6.97. The summed E-state index contributed by atoms with van der Waals surface area (Å²) in [7, 11) is 0. The average molecular weight is 526 g/mol. The van der Waals surface area contributed by atoms with Crippen LogP contribution in [0.1, 0.15) is 41.7 Å². The molecule has 0 bridgehead atoms. The molecule has 1 amide bonds. The van der Waals surface area contributed by atoms with Gasteiger partial charge in [0.2, 0.25) is 12.7 Å². The van der Waals surface area contributed by atoms with E-state index < -0.39 is 0 Å². The summed E-state index contributed by atoms with van der Waals surface area (Å²) in [5.41, 5.74) is 6.89. The number of carbonyl (C=O) groups excluding carboxylic acids is 1. The molecule has 4 heterocycles. The number of nitrogens with zero attached hydrogens (tertiary/aromatic N) is 3. The van der Waals surface area contributed by atoms with Gasteiger partial charge in [-0.15, -0.1) is 0 Å². The molecule has 2 aromatic heterocycles. The van der Waals surface area contributed by atoms with Crippen molar-refractivity contribution in [3.05, 3.63) is 95.6 Å². The standard InChI is InChI=1S/C29H27N5O3S/c1-17-14-23(18(2)33(17)22-11-12-25-26(15-22)37-16-36-25)28-27(24-6-4-5-13-30-24)32-29(38)34(28)21-9-7-20(8-10-21)31-19(3)35/h4-15,27-28H,16H2,1-3H3,(H,31,35)(H,32,38)/t27-,28-/m0/s1. The number of carbonyl (C=O) groups is 1. The van der Waals surface area contributed by atoms with Crippen LogP contribution in [-0.2, 0) is 4.79 Å². The Morgan fingerprint density at radius 2 is 1.79 bits per heavy atom. The number of aryl methyl sites for hydroxylation is 1. The molecule has 6 rings (SSSR count). The summed E-state index contributed by atoms with van der Waals surface area (Å²) < 4.78 is 13.4. The average Bonchev–Trinajstić information content (AvgIpc) is 3.59. The third-order valence-corrected chi connectivity index (χ3v) is 7.28. The Kier molecular flexibility index (Phi) is 6.00. The number of amides is 1. The van der Waals surface area contributed by atoms with E-state index in [4.69, 9.17) is 21.7 Å². The smallest absolute Gasteiger partial charge is 0.231 e. The number of benzene rings is 2. The van der Waals surface area contributed by atoms with E-state index in [2.05, 4.69) is 45.0 Å². The van der Waals surface area contributed by atoms with Gasteiger partial charge in [-0.25, -0.2) is 0 Å². The van der Waals surface area contributed by atoms with Gasteiger partial charge in [-0.1, -0.05) is 6.07 Å². The first-order chi connectivity index (χ1) is 18.4. The quantitative estimate of drug-likeness (QED) is 0.340. The molecule has 1 saturated heterocycles. The van der Waals surface area contributed by atoms with Crippen LogP contribution in [0, 0.1) is 13.8 Å². The number of anilines is 2. The molecule has 0 radical (unpaired) electrons. The van der Waals surface area contributed by atoms with Crippen LogP contribution in [0.2, 0.25) is 0 Å². The molecule has 0 spiro atoms. The van der Waals surface area contributed by atoms with Gasteiger partial charge in [0.05, 0.1) is 17.8 Å². The summed E-state index contributed by atoms with van der Waals surface area (Å²) in [5, 5.41) is 6.97. The van der Waals surface area contributed by atoms with Gasteiger partial charge < -0.3 is 29.6 Å². The van der Waals surface area contributed by atoms with Gasteiger partial charge in [-0.05, 0) is 86.2 Å². The zero-order valence-corrected chi connectivity index (χ0v) is 22.1. The minimum absolute atomic E-state index is 0.111. The highest BCUT2D eigenvalue weighted by atomic mass is 32.1. The highest BCUT2D eigenvalue weighted by Gasteiger charge is 2.42. The van der Waals surface area contributed by atoms with Crippen LogP contribution in [-0.4, -0.2) is 27.4 Å². The van der Waals surface area contributed by atoms with Crippen LogP contribution in [0.3, 0.4) is 0 Å². The van der Waals surface area contributed by atoms with Crippen LogP contribution in [0.15, 0.2) is 72.9 Å². The van der Waals surface area contributed by atoms with Crippen molar-refractivity contribution in [3.8, 4) is 17.2 Å². The summed E-state index contributed by atoms with van der Waals surface area (Å²) in [6.45, 7) is 5.96. The Morgan fingerprint density at radius 1 is 1.03 bits per heavy atom. The third kappa shape index (κ3) is 4.14. The lowest BCUT2D eigenvalue weighted by Crippen LogP contribution is -2.29. The van der Waals surface area contributed by atoms with Crippen LogP contribution in [0.25, 0.3) is 5.69 Å². The lowest BCUT2D eigenvalue weighted by atomic mass is 9.96. The van der Waals surface area contributed by atoms with Crippen molar-refractivity contribution in [2.45, 2.75) is 32.9 Å². The molecule has 0 saturated carbocycles. The van der Waals surface area contributed by atoms with Crippen molar-refractivity contribution in [1.29, 1.82) is 0 Å². The molecule has 9 heteroatoms. The summed E-state index contributed by atoms with van der Waals surface area (Å²) in [4.78, 5) is 18.3. The summed E-state index contributed by atoms with van der Waals surface area (Å²) in [5.74, 6) is 1.39. The number of nitrogens with one attached hydrogen (secondary N) is 2. The Balaban J connectivity index is 1.46. The molecule has 8 nitrogen and oxygen atoms in total. The maximum absolute atomic E-state index is 11.5. The molecular weight excluding hydrogens is 498 g/mol. The van der Waals surface area contributed by atoms with Gasteiger partial charge in [0.1, 0.15) is 0 Å². The number of ether oxygens (including phenoxy) is 2. The molecule has 2 aromatic carbocycles. The van der Waals surface area contributed by atoms with Crippen LogP contribution < -0.4 is 25.0 Å². The molecule has 0 aliphatic carbocycles. The van der Waals surface area contributed by atoms with E-state index in [0.717, 1.165) is 51.2 Å². The fraction of sp³-hybridized carbons (Fsp3) is 0.207. The molecular formula is C29H27N5O3S. The van der Waals surface area contributed by atoms with Crippen molar-refractivity contribution in [3.63, 3.8) is 0 Å². The van der Waals surface area contributed by atoms with Gasteiger partial charge >= 0.3 is 0 Å². The molecule has 2 aliphatic rings. The molecule has 38 heavy (non-hydrogen) atoms. The number of hydrogen-bond acceptors (Lipinski definition) is 5. The molecule has 2 N–H and O–H groups in total. The lowest BCUT2D eigenvalue weighted by Gasteiger charge is -2.28. The predicted octanol–water partition coefficient (Wildman–Crippen LogP) is 5.35. The van der Waals surface area contributed by atoms with Gasteiger partial charge in [0.25, 0.3) is 0 Å². The molecule has 4 aromatic rings. The Labute approximate surface area is 226 Å². The second-order valence-electron chi connectivity index (χ2n) is 9.42. The Morgan fingerprint density at radius 3 is 2.53 bits per heavy atom. The van der Waals surface area contributed by atoms with Crippen molar-refractivity contribution >= 4 is 34.6 Å². The molecule has 1 fully saturated rings. The van der Waals surface area contributed by atoms with E-state index in [1.54, 1.807) is 6.20 Å². The maximum atomic E-state index is 11.5. The highest BCUT2D eigenvalue weighted by Crippen LogP contribution is 2.44. The number of aromatic nitrogens is 2. The van der Waals surface area contributed by atoms with Crippen LogP contribution in [0.4, 0.5) is 11.4 Å². The first-order valence-electron chi connectivity index (χ1n) is 12.4. The van der Waals surface area contributed by atoms with Crippen LogP contribution >= 0.6 is 12.2 Å². The van der Waals surface area contributed by atoms with E-state index in [9.17, 15) is 4.79 Å². The minimum atomic E-state index is -0.163. The normalized spacial score (nSPS) is 18.0. The van der Waals surface area contributed by atoms with Crippen molar-refractivity contribution < 1.29 is 14.3 Å². The monoisotopic (exact) mass is 525 g/mol. The van der Waals surface area contributed by atoms with Crippen molar-refractivity contribution in [2.75, 3.05) is 17.0 Å². The Bertz CT molecular complexity index is 1530. The SMILES string of the molecule is CC(=O)Nc1ccc(N2C(=S)N[C@@H](c3ccccn3)[C@@H]2c2cc(C)n(-c3ccc4c(c3)OCO4)c2C)cc1. The van der Waals surface area contributed by atoms with Gasteiger partial charge in [-0.3, -0.25) is 9.78 Å². The minimum Gasteiger partial charge on any atom is -0.454 e. The zero-order valence-electron chi connectivity index (χ0n) is 21.3. The first-order valence-corrected chi connectivity index (χ1v) is 12.8. The van der Waals surface area contributed by atoms with E-state index in [-0.39, 0.29) is 24.8 Å². The highest BCUT2D eigenvalue weighted by molar-refractivity contribution is 7.80. The van der Waals surface area contributed by atoms with Crippen LogP contribution in [0.5, 0.6) is 11.5 Å². The topological polar surface area (TPSA) is 80.7 Å². The fourth-order valence-corrected chi connectivity index (χ4v) is 5.71. The summed E-state index contributed by atoms with van der Waals surface area (Å²) in [6, 6.07) is 21.6. The second kappa shape index (κ2) is 9.50. The van der Waals surface area contributed by atoms with Crippen molar-refractivity contribution in [2.24, 2.45) is 0 Å². The second-order valence-corrected chi connectivity index (χ2v) is 9.81. The zero-order chi connectivity index (χ0) is 26.4. The molecule has 192 valence electrons. The maximum Gasteiger partial charge on any atom is 0.231 e. The summed E-state index contributed by atoms with van der Waals surface area (Å²) >= 11 is 5.89. The molecule has 2 aliphatic heterocycles. The van der Waals surface area contributed by atoms with Gasteiger partial charge in [0.15, 0.2) is 16.6 Å². The van der Waals surface area contributed by atoms with Gasteiger partial charge in [0, 0.05) is 47.6 Å². The van der Waals surface area contributed by atoms with Gasteiger partial charge in [-0.2, -0.15) is 0 Å². The van der Waals surface area contributed by atoms with E-state index >= 15 is 0 Å². The van der Waals surface area contributed by atoms with E-state index in [1.165, 1.54) is 6.92 Å². The number of pyridine rings is 1. The van der Waals surface area contributed by atoms with E-state index in [0.29, 0.717) is 5.11 Å². The number of hydrogen-bond donors (Lipinski definition) is 2. The molecule has 0 unspecified atom stereocenters. The number of thiocarbonyl (C=S) groups is 1.